The number of carbonyl (C=O) groups is 1. The van der Waals surface area contributed by atoms with Crippen LogP contribution < -0.4 is 5.32 Å². The van der Waals surface area contributed by atoms with Crippen LogP contribution in [0.15, 0.2) is 18.2 Å². The second-order valence-electron chi connectivity index (χ2n) is 3.87. The van der Waals surface area contributed by atoms with E-state index in [2.05, 4.69) is 34.3 Å². The summed E-state index contributed by atoms with van der Waals surface area (Å²) in [6.07, 6.45) is 0.558. The molecule has 0 aliphatic carbocycles. The van der Waals surface area contributed by atoms with Crippen molar-refractivity contribution in [3.8, 4) is 0 Å². The third-order valence-electron chi connectivity index (χ3n) is 2.64. The van der Waals surface area contributed by atoms with Gasteiger partial charge in [-0.3, -0.25) is 0 Å². The van der Waals surface area contributed by atoms with Gasteiger partial charge in [-0.1, -0.05) is 13.0 Å². The van der Waals surface area contributed by atoms with Gasteiger partial charge in [0.15, 0.2) is 0 Å². The Kier molecular flexibility index (Phi) is 3.27. The molecule has 1 heterocycles. The van der Waals surface area contributed by atoms with Gasteiger partial charge in [-0.25, -0.2) is 9.78 Å². The fraction of sp³-hybridized carbons (Fsp3) is 0.333. The second kappa shape index (κ2) is 4.86. The molecule has 3 N–H and O–H groups in total. The van der Waals surface area contributed by atoms with Crippen molar-refractivity contribution in [2.75, 3.05) is 6.54 Å². The number of H-pyrrole nitrogens is 1. The van der Waals surface area contributed by atoms with Gasteiger partial charge in [-0.2, -0.15) is 0 Å². The molecule has 0 bridgehead atoms. The first-order valence-electron chi connectivity index (χ1n) is 5.63. The SMILES string of the molecule is CCc1ccc2nc(CCNC(=O)O)[nH]c2c1. The molecule has 0 aliphatic heterocycles. The summed E-state index contributed by atoms with van der Waals surface area (Å²) in [6.45, 7) is 2.48. The monoisotopic (exact) mass is 233 g/mol. The van der Waals surface area contributed by atoms with E-state index in [1.807, 2.05) is 6.07 Å². The standard InChI is InChI=1S/C12H15N3O2/c1-2-8-3-4-9-10(7-8)15-11(14-9)5-6-13-12(16)17/h3-4,7,13H,2,5-6H2,1H3,(H,14,15)(H,16,17). The number of amides is 1. The summed E-state index contributed by atoms with van der Waals surface area (Å²) in [5.74, 6) is 0.807. The Labute approximate surface area is 98.9 Å². The van der Waals surface area contributed by atoms with Crippen LogP contribution in [-0.2, 0) is 12.8 Å². The van der Waals surface area contributed by atoms with Gasteiger partial charge in [0.05, 0.1) is 11.0 Å². The Morgan fingerprint density at radius 1 is 1.53 bits per heavy atom. The molecule has 0 atom stereocenters. The molecule has 1 amide bonds. The largest absolute Gasteiger partial charge is 0.465 e. The fourth-order valence-corrected chi connectivity index (χ4v) is 1.74. The Morgan fingerprint density at radius 3 is 3.06 bits per heavy atom. The third-order valence-corrected chi connectivity index (χ3v) is 2.64. The molecule has 0 fully saturated rings. The maximum atomic E-state index is 10.3. The van der Waals surface area contributed by atoms with Gasteiger partial charge in [0.1, 0.15) is 5.82 Å². The number of nitrogens with zero attached hydrogens (tertiary/aromatic N) is 1. The third kappa shape index (κ3) is 2.75. The number of hydrogen-bond acceptors (Lipinski definition) is 2. The summed E-state index contributed by atoms with van der Waals surface area (Å²) in [7, 11) is 0. The van der Waals surface area contributed by atoms with Crippen molar-refractivity contribution in [3.05, 3.63) is 29.6 Å². The predicted octanol–water partition coefficient (Wildman–Crippen LogP) is 1.94. The maximum absolute atomic E-state index is 10.3. The van der Waals surface area contributed by atoms with Crippen LogP contribution in [0.25, 0.3) is 11.0 Å². The highest BCUT2D eigenvalue weighted by Gasteiger charge is 2.03. The summed E-state index contributed by atoms with van der Waals surface area (Å²) < 4.78 is 0. The Balaban J connectivity index is 2.11. The van der Waals surface area contributed by atoms with E-state index in [1.165, 1.54) is 5.56 Å². The van der Waals surface area contributed by atoms with E-state index in [0.717, 1.165) is 23.3 Å². The van der Waals surface area contributed by atoms with Gasteiger partial charge in [-0.05, 0) is 24.1 Å². The molecule has 1 aromatic heterocycles. The van der Waals surface area contributed by atoms with Crippen LogP contribution in [0.4, 0.5) is 4.79 Å². The summed E-state index contributed by atoms with van der Waals surface area (Å²) in [5.41, 5.74) is 3.19. The number of aromatic amines is 1. The van der Waals surface area contributed by atoms with Crippen molar-refractivity contribution < 1.29 is 9.90 Å². The lowest BCUT2D eigenvalue weighted by Crippen LogP contribution is -2.23. The second-order valence-corrected chi connectivity index (χ2v) is 3.87. The first kappa shape index (κ1) is 11.4. The molecule has 17 heavy (non-hydrogen) atoms. The lowest BCUT2D eigenvalue weighted by Gasteiger charge is -1.96. The van der Waals surface area contributed by atoms with E-state index in [-0.39, 0.29) is 0 Å². The van der Waals surface area contributed by atoms with Gasteiger partial charge in [0.2, 0.25) is 0 Å². The van der Waals surface area contributed by atoms with Crippen LogP contribution in [0.5, 0.6) is 0 Å². The van der Waals surface area contributed by atoms with Crippen molar-refractivity contribution in [2.24, 2.45) is 0 Å². The molecule has 0 aliphatic rings. The van der Waals surface area contributed by atoms with E-state index in [4.69, 9.17) is 5.11 Å². The molecule has 0 saturated carbocycles. The first-order chi connectivity index (χ1) is 8.19. The van der Waals surface area contributed by atoms with Crippen LogP contribution in [0.3, 0.4) is 0 Å². The lowest BCUT2D eigenvalue weighted by molar-refractivity contribution is 0.194. The molecule has 5 nitrogen and oxygen atoms in total. The zero-order chi connectivity index (χ0) is 12.3. The van der Waals surface area contributed by atoms with E-state index in [9.17, 15) is 4.79 Å². The van der Waals surface area contributed by atoms with Gasteiger partial charge in [0, 0.05) is 13.0 Å². The average molecular weight is 233 g/mol. The summed E-state index contributed by atoms with van der Waals surface area (Å²) >= 11 is 0. The number of fused-ring (bicyclic) bond motifs is 1. The van der Waals surface area contributed by atoms with Crippen LogP contribution >= 0.6 is 0 Å². The minimum atomic E-state index is -1.01. The van der Waals surface area contributed by atoms with Crippen molar-refractivity contribution in [2.45, 2.75) is 19.8 Å². The molecular formula is C12H15N3O2. The number of aryl methyl sites for hydroxylation is 1. The molecule has 0 saturated heterocycles. The molecule has 0 radical (unpaired) electrons. The number of aromatic nitrogens is 2. The van der Waals surface area contributed by atoms with Crippen molar-refractivity contribution >= 4 is 17.1 Å². The average Bonchev–Trinajstić information content (AvgIpc) is 2.69. The molecule has 5 heteroatoms. The maximum Gasteiger partial charge on any atom is 0.404 e. The van der Waals surface area contributed by atoms with Gasteiger partial charge >= 0.3 is 6.09 Å². The minimum Gasteiger partial charge on any atom is -0.465 e. The van der Waals surface area contributed by atoms with Crippen LogP contribution in [0.2, 0.25) is 0 Å². The predicted molar refractivity (Wildman–Crippen MR) is 65.2 cm³/mol. The topological polar surface area (TPSA) is 78.0 Å². The van der Waals surface area contributed by atoms with Crippen molar-refractivity contribution in [3.63, 3.8) is 0 Å². The van der Waals surface area contributed by atoms with Crippen LogP contribution in [-0.4, -0.2) is 27.7 Å². The van der Waals surface area contributed by atoms with E-state index in [0.29, 0.717) is 13.0 Å². The highest BCUT2D eigenvalue weighted by molar-refractivity contribution is 5.75. The molecule has 1 aromatic carbocycles. The fourth-order valence-electron chi connectivity index (χ4n) is 1.74. The number of imidazole rings is 1. The zero-order valence-corrected chi connectivity index (χ0v) is 9.66. The molecule has 2 rings (SSSR count). The Morgan fingerprint density at radius 2 is 2.35 bits per heavy atom. The smallest absolute Gasteiger partial charge is 0.404 e. The number of hydrogen-bond donors (Lipinski definition) is 3. The van der Waals surface area contributed by atoms with Gasteiger partial charge in [0.25, 0.3) is 0 Å². The van der Waals surface area contributed by atoms with Crippen LogP contribution in [0, 0.1) is 0 Å². The Hall–Kier alpha value is -2.04. The normalized spacial score (nSPS) is 10.6. The van der Waals surface area contributed by atoms with Gasteiger partial charge < -0.3 is 15.4 Å². The number of rotatable bonds is 4. The van der Waals surface area contributed by atoms with E-state index < -0.39 is 6.09 Å². The lowest BCUT2D eigenvalue weighted by atomic mass is 10.1. The summed E-state index contributed by atoms with van der Waals surface area (Å²) in [4.78, 5) is 17.9. The number of carboxylic acid groups (broad SMARTS) is 1. The first-order valence-corrected chi connectivity index (χ1v) is 5.63. The Bertz CT molecular complexity index is 534. The van der Waals surface area contributed by atoms with E-state index in [1.54, 1.807) is 0 Å². The number of nitrogens with one attached hydrogen (secondary N) is 2. The summed E-state index contributed by atoms with van der Waals surface area (Å²) in [6, 6.07) is 6.12. The zero-order valence-electron chi connectivity index (χ0n) is 9.66. The van der Waals surface area contributed by atoms with Crippen molar-refractivity contribution in [1.82, 2.24) is 15.3 Å². The molecule has 90 valence electrons. The van der Waals surface area contributed by atoms with Gasteiger partial charge in [-0.15, -0.1) is 0 Å². The van der Waals surface area contributed by atoms with Crippen molar-refractivity contribution in [1.29, 1.82) is 0 Å². The highest BCUT2D eigenvalue weighted by atomic mass is 16.4. The molecule has 0 unspecified atom stereocenters. The molecule has 0 spiro atoms. The quantitative estimate of drug-likeness (QED) is 0.755. The minimum absolute atomic E-state index is 0.371. The summed E-state index contributed by atoms with van der Waals surface area (Å²) in [5, 5.41) is 10.8. The molecular weight excluding hydrogens is 218 g/mol. The number of benzene rings is 1. The van der Waals surface area contributed by atoms with E-state index >= 15 is 0 Å². The van der Waals surface area contributed by atoms with Crippen LogP contribution in [0.1, 0.15) is 18.3 Å². The molecule has 2 aromatic rings. The highest BCUT2D eigenvalue weighted by Crippen LogP contribution is 2.14.